The smallest absolute Gasteiger partial charge is 0.410 e. The molecule has 1 amide bonds. The molecule has 3 saturated heterocycles. The van der Waals surface area contributed by atoms with Crippen LogP contribution in [0.15, 0.2) is 24.3 Å². The average Bonchev–Trinajstić information content (AvgIpc) is 2.84. The van der Waals surface area contributed by atoms with Crippen LogP contribution in [0.2, 0.25) is 0 Å². The Hall–Kier alpha value is -2.08. The highest BCUT2D eigenvalue weighted by molar-refractivity contribution is 5.83. The lowest BCUT2D eigenvalue weighted by Gasteiger charge is -2.45. The average molecular weight is 485 g/mol. The summed E-state index contributed by atoms with van der Waals surface area (Å²) in [6, 6.07) is 8.56. The van der Waals surface area contributed by atoms with E-state index in [1.807, 2.05) is 20.8 Å². The van der Waals surface area contributed by atoms with Crippen molar-refractivity contribution in [1.82, 2.24) is 9.80 Å². The van der Waals surface area contributed by atoms with E-state index in [0.717, 1.165) is 76.6 Å². The predicted octanol–water partition coefficient (Wildman–Crippen LogP) is 5.33. The number of aryl methyl sites for hydroxylation is 1. The highest BCUT2D eigenvalue weighted by Gasteiger charge is 2.45. The molecule has 1 unspecified atom stereocenters. The third kappa shape index (κ3) is 6.38. The number of piperidine rings is 3. The summed E-state index contributed by atoms with van der Waals surface area (Å²) in [6.07, 6.45) is 8.83. The van der Waals surface area contributed by atoms with Crippen LogP contribution < -0.4 is 0 Å². The molecule has 1 atom stereocenters. The van der Waals surface area contributed by atoms with Gasteiger partial charge in [0.25, 0.3) is 0 Å². The van der Waals surface area contributed by atoms with Crippen LogP contribution >= 0.6 is 0 Å². The molecule has 1 aromatic rings. The zero-order chi connectivity index (χ0) is 25.1. The molecule has 0 N–H and O–H groups in total. The minimum absolute atomic E-state index is 0.00207. The van der Waals surface area contributed by atoms with Crippen molar-refractivity contribution < 1.29 is 19.1 Å². The Balaban J connectivity index is 1.41. The molecule has 5 rings (SSSR count). The first-order valence-corrected chi connectivity index (χ1v) is 13.6. The van der Waals surface area contributed by atoms with Crippen molar-refractivity contribution >= 4 is 12.1 Å². The van der Waals surface area contributed by atoms with Crippen LogP contribution in [0.25, 0.3) is 0 Å². The number of rotatable bonds is 7. The first-order valence-electron chi connectivity index (χ1n) is 13.6. The second kappa shape index (κ2) is 10.9. The van der Waals surface area contributed by atoms with Gasteiger partial charge in [0, 0.05) is 20.1 Å². The van der Waals surface area contributed by atoms with E-state index < -0.39 is 11.0 Å². The van der Waals surface area contributed by atoms with E-state index >= 15 is 0 Å². The Morgan fingerprint density at radius 1 is 1.11 bits per heavy atom. The van der Waals surface area contributed by atoms with Gasteiger partial charge in [-0.15, -0.1) is 0 Å². The van der Waals surface area contributed by atoms with E-state index in [-0.39, 0.29) is 18.2 Å². The largest absolute Gasteiger partial charge is 0.460 e. The molecule has 0 aromatic heterocycles. The molecular weight excluding hydrogens is 440 g/mol. The maximum atomic E-state index is 13.8. The number of benzene rings is 1. The predicted molar refractivity (Wildman–Crippen MR) is 137 cm³/mol. The summed E-state index contributed by atoms with van der Waals surface area (Å²) in [5.41, 5.74) is 1.31. The number of nitrogens with zero attached hydrogens (tertiary/aromatic N) is 2. The van der Waals surface area contributed by atoms with Gasteiger partial charge in [0.1, 0.15) is 11.7 Å². The Kier molecular flexibility index (Phi) is 8.09. The SMILES string of the molecule is CN(CCCc1cccc(C2(C(=O)OC3CN4CCC3CC4)CCCCC2)c1)C(=O)OC(C)(C)C. The number of hydrogen-bond acceptors (Lipinski definition) is 5. The molecule has 0 radical (unpaired) electrons. The standard InChI is InChI=1S/C29H44N2O4/c1-28(2,3)35-27(33)30(4)17-9-11-22-10-8-12-24(20-22)29(15-6-5-7-16-29)26(32)34-25-21-31-18-13-23(25)14-19-31/h8,10,12,20,23,25H,5-7,9,11,13-19,21H2,1-4H3. The van der Waals surface area contributed by atoms with Gasteiger partial charge >= 0.3 is 12.1 Å². The lowest BCUT2D eigenvalue weighted by Crippen LogP contribution is -2.53. The second-order valence-corrected chi connectivity index (χ2v) is 11.9. The number of ether oxygens (including phenoxy) is 2. The molecule has 1 aromatic carbocycles. The van der Waals surface area contributed by atoms with Crippen molar-refractivity contribution in [3.8, 4) is 0 Å². The van der Waals surface area contributed by atoms with Gasteiger partial charge in [0.15, 0.2) is 0 Å². The first kappa shape index (κ1) is 26.0. The summed E-state index contributed by atoms with van der Waals surface area (Å²) in [6.45, 7) is 9.47. The summed E-state index contributed by atoms with van der Waals surface area (Å²) in [5.74, 6) is 0.524. The molecule has 0 spiro atoms. The van der Waals surface area contributed by atoms with Crippen LogP contribution in [0.1, 0.15) is 83.3 Å². The molecule has 1 saturated carbocycles. The van der Waals surface area contributed by atoms with Crippen LogP contribution in [0.3, 0.4) is 0 Å². The van der Waals surface area contributed by atoms with Crippen LogP contribution in [0, 0.1) is 5.92 Å². The Morgan fingerprint density at radius 3 is 2.46 bits per heavy atom. The van der Waals surface area contributed by atoms with Crippen LogP contribution in [-0.4, -0.2) is 66.8 Å². The fraction of sp³-hybridized carbons (Fsp3) is 0.724. The van der Waals surface area contributed by atoms with Gasteiger partial charge in [-0.3, -0.25) is 9.69 Å². The van der Waals surface area contributed by atoms with E-state index in [2.05, 4.69) is 29.2 Å². The van der Waals surface area contributed by atoms with Crippen LogP contribution in [-0.2, 0) is 26.1 Å². The van der Waals surface area contributed by atoms with Gasteiger partial charge in [-0.2, -0.15) is 0 Å². The zero-order valence-electron chi connectivity index (χ0n) is 22.2. The molecular formula is C29H44N2O4. The highest BCUT2D eigenvalue weighted by Crippen LogP contribution is 2.42. The molecule has 2 bridgehead atoms. The van der Waals surface area contributed by atoms with Gasteiger partial charge in [-0.25, -0.2) is 4.79 Å². The number of esters is 1. The molecule has 4 fully saturated rings. The fourth-order valence-electron chi connectivity index (χ4n) is 6.04. The number of fused-ring (bicyclic) bond motifs is 3. The Bertz CT molecular complexity index is 879. The van der Waals surface area contributed by atoms with E-state index in [4.69, 9.17) is 9.47 Å². The molecule has 3 aliphatic heterocycles. The monoisotopic (exact) mass is 484 g/mol. The van der Waals surface area contributed by atoms with Gasteiger partial charge in [0.05, 0.1) is 5.41 Å². The first-order chi connectivity index (χ1) is 16.7. The summed E-state index contributed by atoms with van der Waals surface area (Å²) in [5, 5.41) is 0. The van der Waals surface area contributed by atoms with Crippen LogP contribution in [0.4, 0.5) is 4.79 Å². The third-order valence-electron chi connectivity index (χ3n) is 8.10. The normalized spacial score (nSPS) is 25.7. The quantitative estimate of drug-likeness (QED) is 0.490. The minimum atomic E-state index is -0.520. The summed E-state index contributed by atoms with van der Waals surface area (Å²) in [4.78, 5) is 30.1. The zero-order valence-corrected chi connectivity index (χ0v) is 22.2. The van der Waals surface area contributed by atoms with Crippen molar-refractivity contribution in [2.45, 2.75) is 95.7 Å². The molecule has 4 aliphatic rings. The van der Waals surface area contributed by atoms with E-state index in [9.17, 15) is 9.59 Å². The number of carbonyl (C=O) groups is 2. The molecule has 6 nitrogen and oxygen atoms in total. The summed E-state index contributed by atoms with van der Waals surface area (Å²) in [7, 11) is 1.78. The topological polar surface area (TPSA) is 59.1 Å². The maximum absolute atomic E-state index is 13.8. The highest BCUT2D eigenvalue weighted by atomic mass is 16.6. The maximum Gasteiger partial charge on any atom is 0.410 e. The lowest BCUT2D eigenvalue weighted by atomic mass is 9.69. The molecule has 194 valence electrons. The number of hydrogen-bond donors (Lipinski definition) is 0. The number of amides is 1. The van der Waals surface area contributed by atoms with Crippen molar-refractivity contribution in [2.75, 3.05) is 33.2 Å². The van der Waals surface area contributed by atoms with Gasteiger partial charge < -0.3 is 14.4 Å². The summed E-state index contributed by atoms with van der Waals surface area (Å²) >= 11 is 0. The minimum Gasteiger partial charge on any atom is -0.460 e. The van der Waals surface area contributed by atoms with Gasteiger partial charge in [0.2, 0.25) is 0 Å². The second-order valence-electron chi connectivity index (χ2n) is 11.9. The van der Waals surface area contributed by atoms with Gasteiger partial charge in [-0.1, -0.05) is 43.5 Å². The molecule has 1 aliphatic carbocycles. The van der Waals surface area contributed by atoms with Crippen LogP contribution in [0.5, 0.6) is 0 Å². The number of carbonyl (C=O) groups excluding carboxylic acids is 2. The third-order valence-corrected chi connectivity index (χ3v) is 8.10. The summed E-state index contributed by atoms with van der Waals surface area (Å²) < 4.78 is 11.8. The Morgan fingerprint density at radius 2 is 1.83 bits per heavy atom. The molecule has 6 heteroatoms. The van der Waals surface area contributed by atoms with Crippen molar-refractivity contribution in [3.05, 3.63) is 35.4 Å². The molecule has 3 heterocycles. The lowest BCUT2D eigenvalue weighted by molar-refractivity contribution is -0.167. The van der Waals surface area contributed by atoms with Crippen molar-refractivity contribution in [1.29, 1.82) is 0 Å². The molecule has 35 heavy (non-hydrogen) atoms. The van der Waals surface area contributed by atoms with E-state index in [0.29, 0.717) is 12.5 Å². The van der Waals surface area contributed by atoms with Gasteiger partial charge in [-0.05, 0) is 89.4 Å². The fourth-order valence-corrected chi connectivity index (χ4v) is 6.04. The van der Waals surface area contributed by atoms with Crippen molar-refractivity contribution in [3.63, 3.8) is 0 Å². The van der Waals surface area contributed by atoms with E-state index in [1.54, 1.807) is 11.9 Å². The van der Waals surface area contributed by atoms with E-state index in [1.165, 1.54) is 12.0 Å². The Labute approximate surface area is 211 Å². The van der Waals surface area contributed by atoms with Crippen molar-refractivity contribution in [2.24, 2.45) is 5.92 Å².